The topological polar surface area (TPSA) is 54.7 Å². The van der Waals surface area contributed by atoms with Crippen molar-refractivity contribution in [1.82, 2.24) is 9.97 Å². The highest BCUT2D eigenvalue weighted by atomic mass is 79.9. The Bertz CT molecular complexity index is 540. The summed E-state index contributed by atoms with van der Waals surface area (Å²) in [5.41, 5.74) is 8.05. The number of nitrogens with two attached hydrogens (primary N) is 1. The zero-order valence-corrected chi connectivity index (χ0v) is 10.7. The average molecular weight is 280 g/mol. The van der Waals surface area contributed by atoms with Crippen molar-refractivity contribution in [2.75, 3.05) is 0 Å². The zero-order chi connectivity index (χ0) is 11.3. The zero-order valence-electron chi connectivity index (χ0n) is 9.13. The van der Waals surface area contributed by atoms with Gasteiger partial charge in [-0.05, 0) is 43.9 Å². The van der Waals surface area contributed by atoms with E-state index < -0.39 is 0 Å². The van der Waals surface area contributed by atoms with Crippen molar-refractivity contribution < 1.29 is 0 Å². The number of nitrogens with zero attached hydrogens (tertiary/aromatic N) is 1. The molecule has 1 heterocycles. The second-order valence-electron chi connectivity index (χ2n) is 4.80. The molecule has 16 heavy (non-hydrogen) atoms. The first-order valence-corrected chi connectivity index (χ1v) is 6.31. The van der Waals surface area contributed by atoms with Gasteiger partial charge < -0.3 is 10.7 Å². The minimum Gasteiger partial charge on any atom is -0.340 e. The standard InChI is InChI=1S/C12H14BrN3/c1-12(14,7-2-3-7)11-15-9-5-4-8(13)6-10(9)16-11/h4-7H,2-3,14H2,1H3,(H,15,16). The summed E-state index contributed by atoms with van der Waals surface area (Å²) in [5.74, 6) is 1.49. The van der Waals surface area contributed by atoms with Crippen LogP contribution >= 0.6 is 15.9 Å². The Kier molecular flexibility index (Phi) is 2.13. The molecule has 0 saturated heterocycles. The lowest BCUT2D eigenvalue weighted by molar-refractivity contribution is 0.405. The molecule has 1 aliphatic rings. The van der Waals surface area contributed by atoms with Crippen LogP contribution in [0.3, 0.4) is 0 Å². The van der Waals surface area contributed by atoms with Crippen LogP contribution in [0.15, 0.2) is 22.7 Å². The van der Waals surface area contributed by atoms with E-state index in [0.29, 0.717) is 5.92 Å². The Morgan fingerprint density at radius 1 is 1.50 bits per heavy atom. The van der Waals surface area contributed by atoms with Gasteiger partial charge in [-0.25, -0.2) is 4.98 Å². The molecule has 3 rings (SSSR count). The molecule has 0 spiro atoms. The van der Waals surface area contributed by atoms with E-state index in [0.717, 1.165) is 21.3 Å². The maximum Gasteiger partial charge on any atom is 0.127 e. The molecule has 0 bridgehead atoms. The third-order valence-electron chi connectivity index (χ3n) is 3.38. The van der Waals surface area contributed by atoms with Crippen LogP contribution in [-0.2, 0) is 5.54 Å². The number of hydrogen-bond donors (Lipinski definition) is 2. The van der Waals surface area contributed by atoms with Crippen LogP contribution in [-0.4, -0.2) is 9.97 Å². The van der Waals surface area contributed by atoms with Crippen molar-refractivity contribution >= 4 is 27.0 Å². The molecule has 0 aliphatic heterocycles. The van der Waals surface area contributed by atoms with Crippen molar-refractivity contribution in [2.45, 2.75) is 25.3 Å². The number of fused-ring (bicyclic) bond motifs is 1. The van der Waals surface area contributed by atoms with Crippen LogP contribution in [0.5, 0.6) is 0 Å². The van der Waals surface area contributed by atoms with Crippen LogP contribution < -0.4 is 5.73 Å². The highest BCUT2D eigenvalue weighted by Crippen LogP contribution is 2.43. The summed E-state index contributed by atoms with van der Waals surface area (Å²) >= 11 is 3.45. The van der Waals surface area contributed by atoms with E-state index in [4.69, 9.17) is 5.73 Å². The van der Waals surface area contributed by atoms with Gasteiger partial charge >= 0.3 is 0 Å². The van der Waals surface area contributed by atoms with Gasteiger partial charge in [0, 0.05) is 4.47 Å². The molecule has 1 aromatic carbocycles. The van der Waals surface area contributed by atoms with Gasteiger partial charge in [0.05, 0.1) is 16.6 Å². The highest BCUT2D eigenvalue weighted by Gasteiger charge is 2.41. The van der Waals surface area contributed by atoms with Gasteiger partial charge in [0.1, 0.15) is 5.82 Å². The fourth-order valence-electron chi connectivity index (χ4n) is 2.11. The van der Waals surface area contributed by atoms with E-state index >= 15 is 0 Å². The molecular weight excluding hydrogens is 266 g/mol. The number of rotatable bonds is 2. The largest absolute Gasteiger partial charge is 0.340 e. The second kappa shape index (κ2) is 3.31. The molecule has 0 radical (unpaired) electrons. The maximum atomic E-state index is 6.34. The van der Waals surface area contributed by atoms with Gasteiger partial charge in [-0.1, -0.05) is 15.9 Å². The molecule has 1 saturated carbocycles. The van der Waals surface area contributed by atoms with Crippen molar-refractivity contribution in [3.05, 3.63) is 28.5 Å². The molecule has 3 nitrogen and oxygen atoms in total. The monoisotopic (exact) mass is 279 g/mol. The van der Waals surface area contributed by atoms with Crippen molar-refractivity contribution in [3.8, 4) is 0 Å². The molecule has 2 aromatic rings. The number of benzene rings is 1. The Morgan fingerprint density at radius 2 is 2.25 bits per heavy atom. The summed E-state index contributed by atoms with van der Waals surface area (Å²) in [6.45, 7) is 2.07. The van der Waals surface area contributed by atoms with E-state index in [9.17, 15) is 0 Å². The highest BCUT2D eigenvalue weighted by molar-refractivity contribution is 9.10. The summed E-state index contributed by atoms with van der Waals surface area (Å²) in [5, 5.41) is 0. The Morgan fingerprint density at radius 3 is 2.94 bits per heavy atom. The number of nitrogens with one attached hydrogen (secondary N) is 1. The van der Waals surface area contributed by atoms with Gasteiger partial charge in [0.2, 0.25) is 0 Å². The summed E-state index contributed by atoms with van der Waals surface area (Å²) in [7, 11) is 0. The first kappa shape index (κ1) is 10.3. The van der Waals surface area contributed by atoms with E-state index in [1.165, 1.54) is 12.8 Å². The molecule has 1 aliphatic carbocycles. The smallest absolute Gasteiger partial charge is 0.127 e. The fraction of sp³-hybridized carbons (Fsp3) is 0.417. The minimum atomic E-state index is -0.314. The molecular formula is C12H14BrN3. The number of H-pyrrole nitrogens is 1. The third-order valence-corrected chi connectivity index (χ3v) is 3.87. The SMILES string of the molecule is CC(N)(c1nc2ccc(Br)cc2[nH]1)C1CC1. The lowest BCUT2D eigenvalue weighted by Crippen LogP contribution is -2.36. The number of aromatic amines is 1. The maximum absolute atomic E-state index is 6.34. The summed E-state index contributed by atoms with van der Waals surface area (Å²) in [6.07, 6.45) is 2.43. The van der Waals surface area contributed by atoms with Crippen molar-refractivity contribution in [3.63, 3.8) is 0 Å². The molecule has 84 valence electrons. The quantitative estimate of drug-likeness (QED) is 0.888. The summed E-state index contributed by atoms with van der Waals surface area (Å²) in [4.78, 5) is 7.92. The van der Waals surface area contributed by atoms with Gasteiger partial charge in [0.25, 0.3) is 0 Å². The minimum absolute atomic E-state index is 0.314. The first-order chi connectivity index (χ1) is 7.57. The van der Waals surface area contributed by atoms with E-state index in [-0.39, 0.29) is 5.54 Å². The van der Waals surface area contributed by atoms with E-state index in [2.05, 4.69) is 32.8 Å². The second-order valence-corrected chi connectivity index (χ2v) is 5.72. The van der Waals surface area contributed by atoms with E-state index in [1.54, 1.807) is 0 Å². The Hall–Kier alpha value is -0.870. The molecule has 1 atom stereocenters. The van der Waals surface area contributed by atoms with Crippen LogP contribution in [0.4, 0.5) is 0 Å². The third kappa shape index (κ3) is 1.57. The molecule has 3 N–H and O–H groups in total. The van der Waals surface area contributed by atoms with Crippen molar-refractivity contribution in [1.29, 1.82) is 0 Å². The van der Waals surface area contributed by atoms with Gasteiger partial charge in [-0.3, -0.25) is 0 Å². The first-order valence-electron chi connectivity index (χ1n) is 5.52. The normalized spacial score (nSPS) is 19.9. The summed E-state index contributed by atoms with van der Waals surface area (Å²) < 4.78 is 1.06. The molecule has 4 heteroatoms. The van der Waals surface area contributed by atoms with Crippen LogP contribution in [0.2, 0.25) is 0 Å². The molecule has 1 fully saturated rings. The Balaban J connectivity index is 2.11. The van der Waals surface area contributed by atoms with Crippen LogP contribution in [0.25, 0.3) is 11.0 Å². The predicted molar refractivity (Wildman–Crippen MR) is 68.1 cm³/mol. The average Bonchev–Trinajstić information content (AvgIpc) is 2.99. The Labute approximate surface area is 103 Å². The molecule has 1 unspecified atom stereocenters. The number of hydrogen-bond acceptors (Lipinski definition) is 2. The van der Waals surface area contributed by atoms with Gasteiger partial charge in [0.15, 0.2) is 0 Å². The predicted octanol–water partition coefficient (Wildman–Crippen LogP) is 2.91. The lowest BCUT2D eigenvalue weighted by atomic mass is 9.97. The lowest BCUT2D eigenvalue weighted by Gasteiger charge is -2.21. The van der Waals surface area contributed by atoms with Gasteiger partial charge in [-0.15, -0.1) is 0 Å². The summed E-state index contributed by atoms with van der Waals surface area (Å²) in [6, 6.07) is 6.04. The van der Waals surface area contributed by atoms with E-state index in [1.807, 2.05) is 18.2 Å². The molecule has 1 aromatic heterocycles. The number of aromatic nitrogens is 2. The van der Waals surface area contributed by atoms with Gasteiger partial charge in [-0.2, -0.15) is 0 Å². The van der Waals surface area contributed by atoms with Crippen LogP contribution in [0.1, 0.15) is 25.6 Å². The van der Waals surface area contributed by atoms with Crippen molar-refractivity contribution in [2.24, 2.45) is 11.7 Å². The molecule has 0 amide bonds. The fourth-order valence-corrected chi connectivity index (χ4v) is 2.47. The number of imidazole rings is 1. The van der Waals surface area contributed by atoms with Crippen LogP contribution in [0, 0.1) is 5.92 Å². The number of halogens is 1.